The van der Waals surface area contributed by atoms with E-state index in [0.29, 0.717) is 22.8 Å². The molecule has 0 unspecified atom stereocenters. The van der Waals surface area contributed by atoms with Crippen molar-refractivity contribution in [2.24, 2.45) is 0 Å². The van der Waals surface area contributed by atoms with Gasteiger partial charge in [-0.1, -0.05) is 65.3 Å². The molecule has 5 nitrogen and oxygen atoms in total. The number of nitrogens with zero attached hydrogens (tertiary/aromatic N) is 1. The fourth-order valence-electron chi connectivity index (χ4n) is 4.02. The second-order valence-corrected chi connectivity index (χ2v) is 7.88. The molecule has 5 rings (SSSR count). The second-order valence-electron chi connectivity index (χ2n) is 7.47. The number of rotatable bonds is 6. The predicted octanol–water partition coefficient (Wildman–Crippen LogP) is 5.45. The number of fused-ring (bicyclic) bond motifs is 2. The molecule has 3 aromatic carbocycles. The summed E-state index contributed by atoms with van der Waals surface area (Å²) in [6.45, 7) is 0.417. The molecule has 2 aromatic heterocycles. The average molecular weight is 430 g/mol. The normalized spacial score (nSPS) is 12.3. The number of halogens is 1. The third kappa shape index (κ3) is 3.80. The van der Waals surface area contributed by atoms with Crippen LogP contribution in [0, 0.1) is 0 Å². The number of carbonyl (C=O) groups excluding carboxylic acids is 1. The van der Waals surface area contributed by atoms with Gasteiger partial charge in [0.05, 0.1) is 6.42 Å². The zero-order valence-electron chi connectivity index (χ0n) is 16.6. The van der Waals surface area contributed by atoms with Gasteiger partial charge in [0.2, 0.25) is 5.91 Å². The summed E-state index contributed by atoms with van der Waals surface area (Å²) in [7, 11) is 0. The summed E-state index contributed by atoms with van der Waals surface area (Å²) >= 11 is 6.54. The van der Waals surface area contributed by atoms with Crippen molar-refractivity contribution in [1.82, 2.24) is 15.5 Å². The van der Waals surface area contributed by atoms with Crippen LogP contribution in [-0.2, 0) is 11.2 Å². The lowest BCUT2D eigenvalue weighted by Gasteiger charge is -2.19. The van der Waals surface area contributed by atoms with Gasteiger partial charge in [-0.25, -0.2) is 0 Å². The molecule has 2 N–H and O–H groups in total. The minimum absolute atomic E-state index is 0.0946. The van der Waals surface area contributed by atoms with Crippen LogP contribution in [0.2, 0.25) is 5.02 Å². The van der Waals surface area contributed by atoms with E-state index in [4.69, 9.17) is 16.1 Å². The molecular weight excluding hydrogens is 410 g/mol. The monoisotopic (exact) mass is 429 g/mol. The Morgan fingerprint density at radius 1 is 0.968 bits per heavy atom. The van der Waals surface area contributed by atoms with Gasteiger partial charge < -0.3 is 14.8 Å². The number of hydrogen-bond donors (Lipinski definition) is 2. The van der Waals surface area contributed by atoms with Gasteiger partial charge in [-0.2, -0.15) is 0 Å². The van der Waals surface area contributed by atoms with Gasteiger partial charge in [-0.05, 0) is 35.4 Å². The lowest BCUT2D eigenvalue weighted by atomic mass is 9.90. The van der Waals surface area contributed by atoms with E-state index in [0.717, 1.165) is 27.4 Å². The fourth-order valence-corrected chi connectivity index (χ4v) is 4.29. The molecule has 6 heteroatoms. The summed E-state index contributed by atoms with van der Waals surface area (Å²) in [6.07, 6.45) is 2.15. The van der Waals surface area contributed by atoms with Crippen molar-refractivity contribution in [2.75, 3.05) is 6.54 Å². The Kier molecular flexibility index (Phi) is 5.18. The zero-order valence-corrected chi connectivity index (χ0v) is 17.4. The molecule has 0 saturated carbocycles. The number of carbonyl (C=O) groups is 1. The predicted molar refractivity (Wildman–Crippen MR) is 122 cm³/mol. The lowest BCUT2D eigenvalue weighted by Crippen LogP contribution is -2.30. The van der Waals surface area contributed by atoms with Gasteiger partial charge in [0, 0.05) is 40.0 Å². The second kappa shape index (κ2) is 8.28. The Bertz CT molecular complexity index is 1370. The number of aromatic amines is 1. The van der Waals surface area contributed by atoms with Crippen LogP contribution in [0.3, 0.4) is 0 Å². The average Bonchev–Trinajstić information content (AvgIpc) is 3.40. The van der Waals surface area contributed by atoms with Crippen molar-refractivity contribution >= 4 is 39.4 Å². The van der Waals surface area contributed by atoms with Crippen LogP contribution in [0.15, 0.2) is 83.5 Å². The molecule has 0 aliphatic carbocycles. The Balaban J connectivity index is 1.41. The van der Waals surface area contributed by atoms with Crippen molar-refractivity contribution in [3.05, 3.63) is 101 Å². The minimum Gasteiger partial charge on any atom is -0.361 e. The van der Waals surface area contributed by atoms with E-state index in [1.165, 1.54) is 0 Å². The molecule has 31 heavy (non-hydrogen) atoms. The first-order valence-electron chi connectivity index (χ1n) is 10.1. The van der Waals surface area contributed by atoms with Crippen LogP contribution in [-0.4, -0.2) is 22.6 Å². The van der Waals surface area contributed by atoms with Gasteiger partial charge >= 0.3 is 0 Å². The maximum Gasteiger partial charge on any atom is 0.226 e. The highest BCUT2D eigenvalue weighted by molar-refractivity contribution is 6.31. The smallest absolute Gasteiger partial charge is 0.226 e. The number of benzene rings is 3. The Labute approximate surface area is 184 Å². The first-order valence-corrected chi connectivity index (χ1v) is 10.5. The first kappa shape index (κ1) is 19.4. The van der Waals surface area contributed by atoms with Crippen molar-refractivity contribution in [2.45, 2.75) is 12.3 Å². The van der Waals surface area contributed by atoms with E-state index in [1.54, 1.807) is 0 Å². The van der Waals surface area contributed by atoms with E-state index in [9.17, 15) is 4.79 Å². The number of aromatic nitrogens is 2. The summed E-state index contributed by atoms with van der Waals surface area (Å²) in [6, 6.07) is 23.4. The Hall–Kier alpha value is -3.57. The molecule has 0 radical (unpaired) electrons. The number of amides is 1. The van der Waals surface area contributed by atoms with Gasteiger partial charge in [-0.3, -0.25) is 4.79 Å². The van der Waals surface area contributed by atoms with Crippen LogP contribution in [0.1, 0.15) is 22.7 Å². The molecule has 0 fully saturated rings. The van der Waals surface area contributed by atoms with Gasteiger partial charge in [0.1, 0.15) is 5.69 Å². The number of nitrogens with one attached hydrogen (secondary N) is 2. The summed E-state index contributed by atoms with van der Waals surface area (Å²) in [5.74, 6) is -0.209. The Morgan fingerprint density at radius 2 is 1.71 bits per heavy atom. The highest BCUT2D eigenvalue weighted by atomic mass is 35.5. The maximum absolute atomic E-state index is 12.8. The SMILES string of the molecule is O=C(Cc1noc2ccccc12)NC[C@H](c1ccccc1Cl)c1c[nH]c2ccccc12. The van der Waals surface area contributed by atoms with Crippen LogP contribution >= 0.6 is 11.6 Å². The molecule has 0 saturated heterocycles. The number of H-pyrrole nitrogens is 1. The molecule has 0 bridgehead atoms. The van der Waals surface area contributed by atoms with Crippen LogP contribution in [0.25, 0.3) is 21.9 Å². The topological polar surface area (TPSA) is 70.9 Å². The third-order valence-corrected chi connectivity index (χ3v) is 5.91. The summed E-state index contributed by atoms with van der Waals surface area (Å²) < 4.78 is 5.32. The highest BCUT2D eigenvalue weighted by Crippen LogP contribution is 2.34. The molecule has 2 heterocycles. The van der Waals surface area contributed by atoms with Gasteiger partial charge in [0.25, 0.3) is 0 Å². The quantitative estimate of drug-likeness (QED) is 0.377. The summed E-state index contributed by atoms with van der Waals surface area (Å²) in [5, 5.41) is 9.78. The van der Waals surface area contributed by atoms with E-state index < -0.39 is 0 Å². The van der Waals surface area contributed by atoms with Crippen LogP contribution < -0.4 is 5.32 Å². The fraction of sp³-hybridized carbons (Fsp3) is 0.120. The summed E-state index contributed by atoms with van der Waals surface area (Å²) in [4.78, 5) is 16.1. The Morgan fingerprint density at radius 3 is 2.58 bits per heavy atom. The van der Waals surface area contributed by atoms with Crippen LogP contribution in [0.4, 0.5) is 0 Å². The highest BCUT2D eigenvalue weighted by Gasteiger charge is 2.21. The molecular formula is C25H20ClN3O2. The van der Waals surface area contributed by atoms with Crippen molar-refractivity contribution in [3.8, 4) is 0 Å². The number of hydrogen-bond acceptors (Lipinski definition) is 3. The molecule has 0 spiro atoms. The van der Waals surface area contributed by atoms with Crippen molar-refractivity contribution in [1.29, 1.82) is 0 Å². The molecule has 5 aromatic rings. The molecule has 154 valence electrons. The van der Waals surface area contributed by atoms with Crippen molar-refractivity contribution in [3.63, 3.8) is 0 Å². The maximum atomic E-state index is 12.8. The minimum atomic E-state index is -0.115. The van der Waals surface area contributed by atoms with Crippen molar-refractivity contribution < 1.29 is 9.32 Å². The molecule has 0 aliphatic heterocycles. The lowest BCUT2D eigenvalue weighted by molar-refractivity contribution is -0.120. The van der Waals surface area contributed by atoms with E-state index in [1.807, 2.05) is 72.9 Å². The van der Waals surface area contributed by atoms with Gasteiger partial charge in [-0.15, -0.1) is 0 Å². The third-order valence-electron chi connectivity index (χ3n) is 5.56. The van der Waals surface area contributed by atoms with E-state index in [-0.39, 0.29) is 18.2 Å². The molecule has 1 amide bonds. The van der Waals surface area contributed by atoms with E-state index >= 15 is 0 Å². The molecule has 1 atom stereocenters. The largest absolute Gasteiger partial charge is 0.361 e. The van der Waals surface area contributed by atoms with E-state index in [2.05, 4.69) is 21.5 Å². The summed E-state index contributed by atoms with van der Waals surface area (Å²) in [5.41, 5.74) is 4.43. The van der Waals surface area contributed by atoms with Crippen LogP contribution in [0.5, 0.6) is 0 Å². The molecule has 0 aliphatic rings. The zero-order chi connectivity index (χ0) is 21.2. The van der Waals surface area contributed by atoms with Gasteiger partial charge in [0.15, 0.2) is 5.58 Å². The number of para-hydroxylation sites is 2. The first-order chi connectivity index (χ1) is 15.2. The standard InChI is InChI=1S/C25H20ClN3O2/c26-21-10-4-1-7-16(21)19(20-14-27-22-11-5-2-8-17(20)22)15-28-25(30)13-23-18-9-3-6-12-24(18)31-29-23/h1-12,14,19,27H,13,15H2,(H,28,30)/t19-/m1/s1.